The lowest BCUT2D eigenvalue weighted by atomic mass is 10.2. The van der Waals surface area contributed by atoms with Gasteiger partial charge in [-0.05, 0) is 30.3 Å². The third-order valence-corrected chi connectivity index (χ3v) is 3.35. The molecule has 0 heterocycles. The minimum absolute atomic E-state index is 0.109. The van der Waals surface area contributed by atoms with Gasteiger partial charge in [0.1, 0.15) is 5.75 Å². The SMILES string of the molecule is CN(C)C(=O)c1cccc(NCC(=O)Nc2ccccc2OC(F)F)c1. The smallest absolute Gasteiger partial charge is 0.387 e. The fourth-order valence-electron chi connectivity index (χ4n) is 2.17. The summed E-state index contributed by atoms with van der Waals surface area (Å²) in [6.07, 6.45) is 0. The number of alkyl halides is 2. The van der Waals surface area contributed by atoms with E-state index in [9.17, 15) is 18.4 Å². The number of hydrogen-bond acceptors (Lipinski definition) is 4. The second-order valence-electron chi connectivity index (χ2n) is 5.56. The summed E-state index contributed by atoms with van der Waals surface area (Å²) in [5.41, 5.74) is 1.22. The van der Waals surface area contributed by atoms with Gasteiger partial charge in [-0.1, -0.05) is 18.2 Å². The van der Waals surface area contributed by atoms with Gasteiger partial charge < -0.3 is 20.3 Å². The lowest BCUT2D eigenvalue weighted by molar-refractivity contribution is -0.114. The van der Waals surface area contributed by atoms with E-state index in [2.05, 4.69) is 15.4 Å². The first kappa shape index (κ1) is 19.2. The number of carbonyl (C=O) groups is 2. The van der Waals surface area contributed by atoms with Crippen molar-refractivity contribution in [3.8, 4) is 5.75 Å². The number of carbonyl (C=O) groups excluding carboxylic acids is 2. The monoisotopic (exact) mass is 363 g/mol. The normalized spacial score (nSPS) is 10.3. The van der Waals surface area contributed by atoms with Gasteiger partial charge in [-0.2, -0.15) is 8.78 Å². The third kappa shape index (κ3) is 5.44. The number of benzene rings is 2. The van der Waals surface area contributed by atoms with Gasteiger partial charge in [-0.15, -0.1) is 0 Å². The highest BCUT2D eigenvalue weighted by Crippen LogP contribution is 2.25. The second-order valence-corrected chi connectivity index (χ2v) is 5.56. The van der Waals surface area contributed by atoms with Gasteiger partial charge in [-0.25, -0.2) is 0 Å². The maximum atomic E-state index is 12.4. The molecule has 6 nitrogen and oxygen atoms in total. The van der Waals surface area contributed by atoms with Gasteiger partial charge in [0.05, 0.1) is 12.2 Å². The first-order chi connectivity index (χ1) is 12.4. The molecule has 0 aliphatic carbocycles. The minimum Gasteiger partial charge on any atom is -0.433 e. The third-order valence-electron chi connectivity index (χ3n) is 3.35. The zero-order valence-corrected chi connectivity index (χ0v) is 14.3. The van der Waals surface area contributed by atoms with Crippen LogP contribution in [0.5, 0.6) is 5.75 Å². The van der Waals surface area contributed by atoms with Crippen molar-refractivity contribution in [2.24, 2.45) is 0 Å². The first-order valence-electron chi connectivity index (χ1n) is 7.76. The summed E-state index contributed by atoms with van der Waals surface area (Å²) in [6, 6.07) is 12.6. The number of rotatable bonds is 7. The predicted molar refractivity (Wildman–Crippen MR) is 94.7 cm³/mol. The molecule has 0 bridgehead atoms. The van der Waals surface area contributed by atoms with Crippen molar-refractivity contribution in [1.29, 1.82) is 0 Å². The number of nitrogens with zero attached hydrogens (tertiary/aromatic N) is 1. The van der Waals surface area contributed by atoms with E-state index in [4.69, 9.17) is 0 Å². The van der Waals surface area contributed by atoms with Gasteiger partial charge >= 0.3 is 6.61 Å². The molecule has 0 saturated heterocycles. The number of halogens is 2. The Morgan fingerprint density at radius 2 is 1.85 bits per heavy atom. The van der Waals surface area contributed by atoms with E-state index in [0.717, 1.165) is 0 Å². The number of hydrogen-bond donors (Lipinski definition) is 2. The maximum Gasteiger partial charge on any atom is 0.387 e. The number of amides is 2. The highest BCUT2D eigenvalue weighted by Gasteiger charge is 2.12. The molecule has 138 valence electrons. The molecule has 2 rings (SSSR count). The summed E-state index contributed by atoms with van der Waals surface area (Å²) in [5, 5.41) is 5.39. The van der Waals surface area contributed by atoms with Crippen molar-refractivity contribution in [3.63, 3.8) is 0 Å². The molecule has 26 heavy (non-hydrogen) atoms. The van der Waals surface area contributed by atoms with Crippen LogP contribution in [0.4, 0.5) is 20.2 Å². The standard InChI is InChI=1S/C18H19F2N3O3/c1-23(2)17(25)12-6-5-7-13(10-12)21-11-16(24)22-14-8-3-4-9-15(14)26-18(19)20/h3-10,18,21H,11H2,1-2H3,(H,22,24). The predicted octanol–water partition coefficient (Wildman–Crippen LogP) is 3.04. The Labute approximate surface area is 149 Å². The van der Waals surface area contributed by atoms with Crippen molar-refractivity contribution in [1.82, 2.24) is 4.90 Å². The van der Waals surface area contributed by atoms with Gasteiger partial charge in [0, 0.05) is 25.3 Å². The topological polar surface area (TPSA) is 70.7 Å². The lowest BCUT2D eigenvalue weighted by Gasteiger charge is -2.13. The summed E-state index contributed by atoms with van der Waals surface area (Å²) in [5.74, 6) is -0.717. The van der Waals surface area contributed by atoms with Crippen molar-refractivity contribution in [2.45, 2.75) is 6.61 Å². The van der Waals surface area contributed by atoms with E-state index < -0.39 is 12.5 Å². The fraction of sp³-hybridized carbons (Fsp3) is 0.222. The average Bonchev–Trinajstić information content (AvgIpc) is 2.60. The summed E-state index contributed by atoms with van der Waals surface area (Å²) in [6.45, 7) is -3.09. The van der Waals surface area contributed by atoms with Gasteiger partial charge in [-0.3, -0.25) is 9.59 Å². The van der Waals surface area contributed by atoms with E-state index >= 15 is 0 Å². The molecule has 0 aromatic heterocycles. The Balaban J connectivity index is 1.98. The summed E-state index contributed by atoms with van der Waals surface area (Å²) < 4.78 is 29.1. The largest absolute Gasteiger partial charge is 0.433 e. The summed E-state index contributed by atoms with van der Waals surface area (Å²) in [4.78, 5) is 25.5. The second kappa shape index (κ2) is 8.80. The van der Waals surface area contributed by atoms with Gasteiger partial charge in [0.25, 0.3) is 5.91 Å². The van der Waals surface area contributed by atoms with Crippen molar-refractivity contribution in [2.75, 3.05) is 31.3 Å². The van der Waals surface area contributed by atoms with Crippen LogP contribution in [0, 0.1) is 0 Å². The summed E-state index contributed by atoms with van der Waals surface area (Å²) in [7, 11) is 3.30. The molecule has 0 fully saturated rings. The van der Waals surface area contributed by atoms with Crippen LogP contribution in [-0.4, -0.2) is 44.0 Å². The fourth-order valence-corrected chi connectivity index (χ4v) is 2.17. The molecule has 0 saturated carbocycles. The molecule has 0 aliphatic heterocycles. The molecule has 0 unspecified atom stereocenters. The molecule has 0 atom stereocenters. The lowest BCUT2D eigenvalue weighted by Crippen LogP contribution is -2.23. The Morgan fingerprint density at radius 3 is 2.54 bits per heavy atom. The van der Waals surface area contributed by atoms with Crippen LogP contribution in [-0.2, 0) is 4.79 Å². The Morgan fingerprint density at radius 1 is 1.12 bits per heavy atom. The molecule has 2 aromatic rings. The molecule has 2 amide bonds. The van der Waals surface area contributed by atoms with Gasteiger partial charge in [0.15, 0.2) is 0 Å². The Kier molecular flexibility index (Phi) is 6.48. The van der Waals surface area contributed by atoms with E-state index in [0.29, 0.717) is 11.3 Å². The highest BCUT2D eigenvalue weighted by atomic mass is 19.3. The Hall–Kier alpha value is -3.16. The summed E-state index contributed by atoms with van der Waals surface area (Å²) >= 11 is 0. The zero-order valence-electron chi connectivity index (χ0n) is 14.3. The van der Waals surface area contributed by atoms with Crippen LogP contribution < -0.4 is 15.4 Å². The quantitative estimate of drug-likeness (QED) is 0.793. The molecule has 0 radical (unpaired) electrons. The molecule has 0 aliphatic rings. The number of para-hydroxylation sites is 2. The van der Waals surface area contributed by atoms with Crippen LogP contribution in [0.1, 0.15) is 10.4 Å². The van der Waals surface area contributed by atoms with Gasteiger partial charge in [0.2, 0.25) is 5.91 Å². The zero-order chi connectivity index (χ0) is 19.1. The number of ether oxygens (including phenoxy) is 1. The van der Waals surface area contributed by atoms with Crippen molar-refractivity contribution in [3.05, 3.63) is 54.1 Å². The number of nitrogens with one attached hydrogen (secondary N) is 2. The molecule has 2 N–H and O–H groups in total. The van der Waals surface area contributed by atoms with E-state index in [1.807, 2.05) is 0 Å². The van der Waals surface area contributed by atoms with Crippen LogP contribution in [0.3, 0.4) is 0 Å². The minimum atomic E-state index is -2.98. The first-order valence-corrected chi connectivity index (χ1v) is 7.76. The molecule has 0 spiro atoms. The highest BCUT2D eigenvalue weighted by molar-refractivity contribution is 5.96. The van der Waals surface area contributed by atoms with E-state index in [-0.39, 0.29) is 23.9 Å². The van der Waals surface area contributed by atoms with E-state index in [1.165, 1.54) is 23.1 Å². The van der Waals surface area contributed by atoms with E-state index in [1.54, 1.807) is 44.4 Å². The van der Waals surface area contributed by atoms with Crippen LogP contribution >= 0.6 is 0 Å². The Bertz CT molecular complexity index is 782. The van der Waals surface area contributed by atoms with Crippen LogP contribution in [0.2, 0.25) is 0 Å². The molecule has 8 heteroatoms. The van der Waals surface area contributed by atoms with Crippen molar-refractivity contribution < 1.29 is 23.1 Å². The molecular weight excluding hydrogens is 344 g/mol. The number of anilines is 2. The van der Waals surface area contributed by atoms with Crippen LogP contribution in [0.25, 0.3) is 0 Å². The molecule has 2 aromatic carbocycles. The van der Waals surface area contributed by atoms with Crippen molar-refractivity contribution >= 4 is 23.2 Å². The maximum absolute atomic E-state index is 12.4. The molecular formula is C18H19F2N3O3. The average molecular weight is 363 g/mol. The van der Waals surface area contributed by atoms with Crippen LogP contribution in [0.15, 0.2) is 48.5 Å².